The molecule has 0 radical (unpaired) electrons. The number of carbonyl (C=O) groups excluding carboxylic acids is 1. The molecular formula is C21H30N4O. The normalized spacial score (nSPS) is 16.0. The molecule has 1 fully saturated rings. The highest BCUT2D eigenvalue weighted by molar-refractivity contribution is 5.92. The fourth-order valence-corrected chi connectivity index (χ4v) is 3.88. The van der Waals surface area contributed by atoms with Crippen LogP contribution in [0.2, 0.25) is 0 Å². The van der Waals surface area contributed by atoms with Crippen molar-refractivity contribution in [2.75, 3.05) is 25.0 Å². The minimum atomic E-state index is 0.0759. The summed E-state index contributed by atoms with van der Waals surface area (Å²) in [5.41, 5.74) is 5.56. The SMILES string of the molecule is Cc1cc(C)cc(NC(=O)CN2CCC(Cn3nc(C)cc3C)CC2)c1. The van der Waals surface area contributed by atoms with E-state index in [9.17, 15) is 4.79 Å². The number of aromatic nitrogens is 2. The van der Waals surface area contributed by atoms with Crippen LogP contribution in [0.15, 0.2) is 24.3 Å². The molecule has 26 heavy (non-hydrogen) atoms. The van der Waals surface area contributed by atoms with E-state index in [-0.39, 0.29) is 5.91 Å². The Hall–Kier alpha value is -2.14. The quantitative estimate of drug-likeness (QED) is 0.894. The van der Waals surface area contributed by atoms with Crippen LogP contribution in [0.1, 0.15) is 35.4 Å². The maximum Gasteiger partial charge on any atom is 0.238 e. The van der Waals surface area contributed by atoms with Gasteiger partial charge in [-0.25, -0.2) is 0 Å². The highest BCUT2D eigenvalue weighted by Gasteiger charge is 2.22. The third kappa shape index (κ3) is 4.94. The number of likely N-dealkylation sites (tertiary alicyclic amines) is 1. The number of carbonyl (C=O) groups is 1. The summed E-state index contributed by atoms with van der Waals surface area (Å²) in [7, 11) is 0. The van der Waals surface area contributed by atoms with E-state index in [1.54, 1.807) is 0 Å². The molecule has 2 heterocycles. The summed E-state index contributed by atoms with van der Waals surface area (Å²) in [5, 5.41) is 7.61. The van der Waals surface area contributed by atoms with Gasteiger partial charge in [-0.2, -0.15) is 5.10 Å². The summed E-state index contributed by atoms with van der Waals surface area (Å²) < 4.78 is 2.13. The number of aryl methyl sites for hydroxylation is 4. The summed E-state index contributed by atoms with van der Waals surface area (Å²) in [5.74, 6) is 0.721. The molecule has 0 aliphatic carbocycles. The predicted octanol–water partition coefficient (Wildman–Crippen LogP) is 3.47. The zero-order chi connectivity index (χ0) is 18.7. The van der Waals surface area contributed by atoms with Crippen LogP contribution in [0, 0.1) is 33.6 Å². The minimum Gasteiger partial charge on any atom is -0.325 e. The molecule has 1 aromatic carbocycles. The Labute approximate surface area is 156 Å². The summed E-state index contributed by atoms with van der Waals surface area (Å²) in [6, 6.07) is 8.28. The van der Waals surface area contributed by atoms with Crippen molar-refractivity contribution in [3.05, 3.63) is 46.8 Å². The fourth-order valence-electron chi connectivity index (χ4n) is 3.88. The molecule has 1 aliphatic rings. The van der Waals surface area contributed by atoms with Crippen LogP contribution in [-0.2, 0) is 11.3 Å². The minimum absolute atomic E-state index is 0.0759. The lowest BCUT2D eigenvalue weighted by Crippen LogP contribution is -2.40. The van der Waals surface area contributed by atoms with Crippen molar-refractivity contribution in [3.8, 4) is 0 Å². The van der Waals surface area contributed by atoms with Crippen LogP contribution in [0.3, 0.4) is 0 Å². The van der Waals surface area contributed by atoms with Crippen molar-refractivity contribution in [1.82, 2.24) is 14.7 Å². The Morgan fingerprint density at radius 1 is 1.08 bits per heavy atom. The van der Waals surface area contributed by atoms with Gasteiger partial charge in [0.2, 0.25) is 5.91 Å². The van der Waals surface area contributed by atoms with Gasteiger partial charge in [0.25, 0.3) is 0 Å². The molecule has 1 N–H and O–H groups in total. The monoisotopic (exact) mass is 354 g/mol. The molecule has 0 unspecified atom stereocenters. The number of piperidine rings is 1. The maximum atomic E-state index is 12.4. The highest BCUT2D eigenvalue weighted by atomic mass is 16.2. The summed E-state index contributed by atoms with van der Waals surface area (Å²) in [6.07, 6.45) is 2.24. The summed E-state index contributed by atoms with van der Waals surface area (Å²) in [6.45, 7) is 11.7. The second kappa shape index (κ2) is 8.04. The molecule has 2 aromatic rings. The third-order valence-electron chi connectivity index (χ3n) is 5.11. The molecule has 1 amide bonds. The van der Waals surface area contributed by atoms with Crippen LogP contribution in [0.4, 0.5) is 5.69 Å². The topological polar surface area (TPSA) is 50.2 Å². The van der Waals surface area contributed by atoms with Crippen molar-refractivity contribution in [3.63, 3.8) is 0 Å². The first-order valence-electron chi connectivity index (χ1n) is 9.50. The second-order valence-corrected chi connectivity index (χ2v) is 7.75. The van der Waals surface area contributed by atoms with Crippen LogP contribution in [0.5, 0.6) is 0 Å². The third-order valence-corrected chi connectivity index (χ3v) is 5.11. The second-order valence-electron chi connectivity index (χ2n) is 7.75. The molecule has 1 aliphatic heterocycles. The van der Waals surface area contributed by atoms with Crippen LogP contribution < -0.4 is 5.32 Å². The highest BCUT2D eigenvalue weighted by Crippen LogP contribution is 2.20. The molecule has 1 aromatic heterocycles. The lowest BCUT2D eigenvalue weighted by atomic mass is 9.97. The number of hydrogen-bond donors (Lipinski definition) is 1. The Balaban J connectivity index is 1.46. The Morgan fingerprint density at radius 3 is 2.31 bits per heavy atom. The molecule has 0 atom stereocenters. The number of nitrogens with one attached hydrogen (secondary N) is 1. The summed E-state index contributed by atoms with van der Waals surface area (Å²) >= 11 is 0. The van der Waals surface area contributed by atoms with Gasteiger partial charge in [-0.15, -0.1) is 0 Å². The van der Waals surface area contributed by atoms with Crippen LogP contribution >= 0.6 is 0 Å². The Bertz CT molecular complexity index is 752. The van der Waals surface area contributed by atoms with Crippen LogP contribution in [0.25, 0.3) is 0 Å². The van der Waals surface area contributed by atoms with E-state index in [1.807, 2.05) is 19.1 Å². The van der Waals surface area contributed by atoms with Crippen molar-refractivity contribution in [1.29, 1.82) is 0 Å². The molecule has 5 heteroatoms. The number of anilines is 1. The molecule has 1 saturated heterocycles. The van der Waals surface area contributed by atoms with Gasteiger partial charge in [0.15, 0.2) is 0 Å². The van der Waals surface area contributed by atoms with Crippen LogP contribution in [-0.4, -0.2) is 40.2 Å². The lowest BCUT2D eigenvalue weighted by molar-refractivity contribution is -0.117. The van der Waals surface area contributed by atoms with E-state index < -0.39 is 0 Å². The fraction of sp³-hybridized carbons (Fsp3) is 0.524. The molecule has 0 bridgehead atoms. The zero-order valence-electron chi connectivity index (χ0n) is 16.4. The van der Waals surface area contributed by atoms with Crippen molar-refractivity contribution >= 4 is 11.6 Å². The van der Waals surface area contributed by atoms with E-state index in [0.29, 0.717) is 12.5 Å². The molecule has 140 valence electrons. The van der Waals surface area contributed by atoms with Gasteiger partial charge in [0.05, 0.1) is 12.2 Å². The molecule has 0 saturated carbocycles. The van der Waals surface area contributed by atoms with E-state index in [0.717, 1.165) is 43.9 Å². The van der Waals surface area contributed by atoms with Crippen molar-refractivity contribution < 1.29 is 4.79 Å². The lowest BCUT2D eigenvalue weighted by Gasteiger charge is -2.31. The van der Waals surface area contributed by atoms with Gasteiger partial charge >= 0.3 is 0 Å². The molecule has 5 nitrogen and oxygen atoms in total. The van der Waals surface area contributed by atoms with E-state index in [2.05, 4.69) is 52.9 Å². The van der Waals surface area contributed by atoms with E-state index >= 15 is 0 Å². The Kier molecular flexibility index (Phi) is 5.77. The van der Waals surface area contributed by atoms with Crippen molar-refractivity contribution in [2.45, 2.75) is 47.1 Å². The average Bonchev–Trinajstić information content (AvgIpc) is 2.85. The van der Waals surface area contributed by atoms with Gasteiger partial charge < -0.3 is 5.32 Å². The van der Waals surface area contributed by atoms with Gasteiger partial charge in [-0.05, 0) is 88.9 Å². The molecular weight excluding hydrogens is 324 g/mol. The Morgan fingerprint density at radius 2 is 1.73 bits per heavy atom. The van der Waals surface area contributed by atoms with Crippen molar-refractivity contribution in [2.24, 2.45) is 5.92 Å². The molecule has 0 spiro atoms. The van der Waals surface area contributed by atoms with Gasteiger partial charge in [0.1, 0.15) is 0 Å². The number of amides is 1. The standard InChI is InChI=1S/C21H30N4O/c1-15-9-16(2)11-20(10-15)22-21(26)14-24-7-5-19(6-8-24)13-25-18(4)12-17(3)23-25/h9-12,19H,5-8,13-14H2,1-4H3,(H,22,26). The van der Waals surface area contributed by atoms with Gasteiger partial charge in [-0.3, -0.25) is 14.4 Å². The van der Waals surface area contributed by atoms with E-state index in [4.69, 9.17) is 0 Å². The molecule has 3 rings (SSSR count). The van der Waals surface area contributed by atoms with Gasteiger partial charge in [0, 0.05) is 17.9 Å². The largest absolute Gasteiger partial charge is 0.325 e. The number of benzene rings is 1. The van der Waals surface area contributed by atoms with Gasteiger partial charge in [-0.1, -0.05) is 6.07 Å². The zero-order valence-corrected chi connectivity index (χ0v) is 16.4. The first kappa shape index (κ1) is 18.6. The number of hydrogen-bond acceptors (Lipinski definition) is 3. The summed E-state index contributed by atoms with van der Waals surface area (Å²) in [4.78, 5) is 14.6. The smallest absolute Gasteiger partial charge is 0.238 e. The maximum absolute atomic E-state index is 12.4. The predicted molar refractivity (Wildman–Crippen MR) is 105 cm³/mol. The first-order valence-corrected chi connectivity index (χ1v) is 9.50. The number of rotatable bonds is 5. The number of nitrogens with zero attached hydrogens (tertiary/aromatic N) is 3. The van der Waals surface area contributed by atoms with E-state index in [1.165, 1.54) is 16.8 Å². The average molecular weight is 354 g/mol. The first-order chi connectivity index (χ1) is 12.4.